The van der Waals surface area contributed by atoms with Crippen molar-refractivity contribution in [1.29, 1.82) is 0 Å². The van der Waals surface area contributed by atoms with E-state index in [1.165, 1.54) is 0 Å². The van der Waals surface area contributed by atoms with Crippen molar-refractivity contribution in [2.24, 2.45) is 5.92 Å². The fraction of sp³-hybridized carbons (Fsp3) is 0.385. The van der Waals surface area contributed by atoms with Gasteiger partial charge in [-0.05, 0) is 35.4 Å². The number of hydrogen-bond donors (Lipinski definition) is 1. The van der Waals surface area contributed by atoms with Crippen molar-refractivity contribution in [3.8, 4) is 11.4 Å². The van der Waals surface area contributed by atoms with Crippen molar-refractivity contribution in [3.05, 3.63) is 28.8 Å². The maximum absolute atomic E-state index is 10.8. The maximum atomic E-state index is 10.8. The second-order valence-electron chi connectivity index (χ2n) is 4.67. The Kier molecular flexibility index (Phi) is 4.34. The Labute approximate surface area is 121 Å². The molecule has 2 rings (SSSR count). The summed E-state index contributed by atoms with van der Waals surface area (Å²) in [7, 11) is 0. The van der Waals surface area contributed by atoms with Gasteiger partial charge in [-0.15, -0.1) is 5.10 Å². The van der Waals surface area contributed by atoms with Gasteiger partial charge >= 0.3 is 5.97 Å². The normalized spacial score (nSPS) is 12.3. The summed E-state index contributed by atoms with van der Waals surface area (Å²) in [6, 6.07) is 5.54. The average molecular weight is 295 g/mol. The van der Waals surface area contributed by atoms with Gasteiger partial charge in [0.1, 0.15) is 0 Å². The molecule has 0 aliphatic heterocycles. The van der Waals surface area contributed by atoms with Gasteiger partial charge in [0.2, 0.25) is 0 Å². The zero-order chi connectivity index (χ0) is 14.7. The van der Waals surface area contributed by atoms with E-state index in [4.69, 9.17) is 16.7 Å². The van der Waals surface area contributed by atoms with Gasteiger partial charge in [-0.2, -0.15) is 0 Å². The summed E-state index contributed by atoms with van der Waals surface area (Å²) in [5, 5.41) is 21.1. The first kappa shape index (κ1) is 14.5. The molecule has 0 saturated heterocycles. The summed E-state index contributed by atoms with van der Waals surface area (Å²) in [6.07, 6.45) is 0.465. The van der Waals surface area contributed by atoms with Gasteiger partial charge in [0.15, 0.2) is 5.82 Å². The molecule has 0 fully saturated rings. The van der Waals surface area contributed by atoms with E-state index in [-0.39, 0.29) is 0 Å². The lowest BCUT2D eigenvalue weighted by atomic mass is 10.1. The van der Waals surface area contributed by atoms with Crippen LogP contribution in [0.25, 0.3) is 11.4 Å². The predicted octanol–water partition coefficient (Wildman–Crippen LogP) is 2.41. The number of aliphatic carboxylic acids is 1. The third kappa shape index (κ3) is 2.96. The lowest BCUT2D eigenvalue weighted by Crippen LogP contribution is -2.14. The zero-order valence-corrected chi connectivity index (χ0v) is 12.0. The molecular formula is C13H15ClN4O2. The van der Waals surface area contributed by atoms with Gasteiger partial charge in [0.05, 0.1) is 5.92 Å². The molecule has 1 heterocycles. The second kappa shape index (κ2) is 6.00. The summed E-state index contributed by atoms with van der Waals surface area (Å²) >= 11 is 6.10. The standard InChI is InChI=1S/C13H15ClN4O2/c1-8(13(19)20)6-7-18-12(15-16-17-18)10-4-3-5-11(14)9(10)2/h3-5,8H,6-7H2,1-2H3,(H,19,20). The third-order valence-corrected chi connectivity index (χ3v) is 3.65. The SMILES string of the molecule is Cc1c(Cl)cccc1-c1nnnn1CCC(C)C(=O)O. The number of tetrazole rings is 1. The van der Waals surface area contributed by atoms with Gasteiger partial charge in [0.25, 0.3) is 0 Å². The molecule has 2 aromatic rings. The smallest absolute Gasteiger partial charge is 0.306 e. The molecule has 0 radical (unpaired) electrons. The van der Waals surface area contributed by atoms with Crippen LogP contribution in [-0.2, 0) is 11.3 Å². The van der Waals surface area contributed by atoms with E-state index in [1.54, 1.807) is 17.7 Å². The van der Waals surface area contributed by atoms with E-state index in [9.17, 15) is 4.79 Å². The minimum atomic E-state index is -0.821. The largest absolute Gasteiger partial charge is 0.481 e. The Bertz CT molecular complexity index is 627. The molecule has 0 aliphatic rings. The summed E-state index contributed by atoms with van der Waals surface area (Å²) in [4.78, 5) is 10.8. The van der Waals surface area contributed by atoms with Crippen molar-refractivity contribution < 1.29 is 9.90 Å². The summed E-state index contributed by atoms with van der Waals surface area (Å²) in [5.41, 5.74) is 1.75. The number of hydrogen-bond acceptors (Lipinski definition) is 4. The van der Waals surface area contributed by atoms with Crippen molar-refractivity contribution in [1.82, 2.24) is 20.2 Å². The number of aryl methyl sites for hydroxylation is 1. The highest BCUT2D eigenvalue weighted by atomic mass is 35.5. The first-order chi connectivity index (χ1) is 9.50. The lowest BCUT2D eigenvalue weighted by molar-refractivity contribution is -0.141. The molecule has 0 bridgehead atoms. The molecule has 1 N–H and O–H groups in total. The van der Waals surface area contributed by atoms with Crippen LogP contribution in [-0.4, -0.2) is 31.3 Å². The highest BCUT2D eigenvalue weighted by Crippen LogP contribution is 2.26. The maximum Gasteiger partial charge on any atom is 0.306 e. The van der Waals surface area contributed by atoms with Crippen molar-refractivity contribution >= 4 is 17.6 Å². The number of aromatic nitrogens is 4. The number of nitrogens with zero attached hydrogens (tertiary/aromatic N) is 4. The Balaban J connectivity index is 2.25. The van der Waals surface area contributed by atoms with E-state index in [2.05, 4.69) is 15.5 Å². The quantitative estimate of drug-likeness (QED) is 0.916. The van der Waals surface area contributed by atoms with Gasteiger partial charge in [-0.25, -0.2) is 4.68 Å². The molecule has 1 aromatic carbocycles. The van der Waals surface area contributed by atoms with E-state index in [1.807, 2.05) is 19.1 Å². The Morgan fingerprint density at radius 1 is 1.50 bits per heavy atom. The van der Waals surface area contributed by atoms with Crippen LogP contribution in [0.1, 0.15) is 18.9 Å². The highest BCUT2D eigenvalue weighted by Gasteiger charge is 2.15. The molecule has 1 unspecified atom stereocenters. The number of halogens is 1. The van der Waals surface area contributed by atoms with Crippen molar-refractivity contribution in [2.75, 3.05) is 0 Å². The van der Waals surface area contributed by atoms with Crippen LogP contribution in [0.5, 0.6) is 0 Å². The molecule has 106 valence electrons. The van der Waals surface area contributed by atoms with E-state index in [0.29, 0.717) is 23.8 Å². The monoisotopic (exact) mass is 294 g/mol. The van der Waals surface area contributed by atoms with Gasteiger partial charge in [0, 0.05) is 17.1 Å². The van der Waals surface area contributed by atoms with Gasteiger partial charge in [-0.1, -0.05) is 30.7 Å². The molecule has 0 saturated carbocycles. The third-order valence-electron chi connectivity index (χ3n) is 3.24. The number of benzene rings is 1. The number of carbonyl (C=O) groups is 1. The minimum Gasteiger partial charge on any atom is -0.481 e. The molecule has 6 nitrogen and oxygen atoms in total. The molecule has 0 amide bonds. The Morgan fingerprint density at radius 2 is 2.25 bits per heavy atom. The lowest BCUT2D eigenvalue weighted by Gasteiger charge is -2.09. The first-order valence-corrected chi connectivity index (χ1v) is 6.63. The van der Waals surface area contributed by atoms with Crippen LogP contribution in [0.15, 0.2) is 18.2 Å². The number of carboxylic acid groups (broad SMARTS) is 1. The topological polar surface area (TPSA) is 80.9 Å². The van der Waals surface area contributed by atoms with Crippen LogP contribution in [0.2, 0.25) is 5.02 Å². The minimum absolute atomic E-state index is 0.437. The van der Waals surface area contributed by atoms with Crippen LogP contribution in [0.4, 0.5) is 0 Å². The average Bonchev–Trinajstić information content (AvgIpc) is 2.87. The number of rotatable bonds is 5. The molecular weight excluding hydrogens is 280 g/mol. The molecule has 0 aliphatic carbocycles. The van der Waals surface area contributed by atoms with Crippen LogP contribution < -0.4 is 0 Å². The molecule has 20 heavy (non-hydrogen) atoms. The predicted molar refractivity (Wildman–Crippen MR) is 74.4 cm³/mol. The van der Waals surface area contributed by atoms with Gasteiger partial charge in [-0.3, -0.25) is 4.79 Å². The first-order valence-electron chi connectivity index (χ1n) is 6.25. The highest BCUT2D eigenvalue weighted by molar-refractivity contribution is 6.31. The summed E-state index contributed by atoms with van der Waals surface area (Å²) in [5.74, 6) is -0.659. The molecule has 0 spiro atoms. The Morgan fingerprint density at radius 3 is 2.95 bits per heavy atom. The van der Waals surface area contributed by atoms with Crippen LogP contribution >= 0.6 is 11.6 Å². The Hall–Kier alpha value is -1.95. The molecule has 1 atom stereocenters. The zero-order valence-electron chi connectivity index (χ0n) is 11.2. The molecule has 1 aromatic heterocycles. The fourth-order valence-electron chi connectivity index (χ4n) is 1.84. The second-order valence-corrected chi connectivity index (χ2v) is 5.07. The van der Waals surface area contributed by atoms with Gasteiger partial charge < -0.3 is 5.11 Å². The summed E-state index contributed by atoms with van der Waals surface area (Å²) < 4.78 is 1.61. The van der Waals surface area contributed by atoms with Crippen LogP contribution in [0, 0.1) is 12.8 Å². The van der Waals surface area contributed by atoms with Crippen molar-refractivity contribution in [2.45, 2.75) is 26.8 Å². The van der Waals surface area contributed by atoms with Crippen LogP contribution in [0.3, 0.4) is 0 Å². The van der Waals surface area contributed by atoms with E-state index < -0.39 is 11.9 Å². The van der Waals surface area contributed by atoms with E-state index >= 15 is 0 Å². The number of carboxylic acids is 1. The summed E-state index contributed by atoms with van der Waals surface area (Å²) in [6.45, 7) is 4.01. The fourth-order valence-corrected chi connectivity index (χ4v) is 2.01. The molecule has 7 heteroatoms. The van der Waals surface area contributed by atoms with Crippen molar-refractivity contribution in [3.63, 3.8) is 0 Å². The van der Waals surface area contributed by atoms with E-state index in [0.717, 1.165) is 11.1 Å².